The molecule has 1 aromatic heterocycles. The van der Waals surface area contributed by atoms with Crippen molar-refractivity contribution < 1.29 is 4.79 Å². The molecule has 0 fully saturated rings. The van der Waals surface area contributed by atoms with Gasteiger partial charge in [0.2, 0.25) is 0 Å². The van der Waals surface area contributed by atoms with Crippen molar-refractivity contribution in [3.63, 3.8) is 0 Å². The molecule has 1 atom stereocenters. The van der Waals surface area contributed by atoms with E-state index in [0.717, 1.165) is 5.56 Å². The largest absolute Gasteiger partial charge is 0.340 e. The summed E-state index contributed by atoms with van der Waals surface area (Å²) in [6.45, 7) is 2.23. The van der Waals surface area contributed by atoms with Gasteiger partial charge in [0.05, 0.1) is 5.54 Å². The van der Waals surface area contributed by atoms with Crippen LogP contribution in [0.2, 0.25) is 0 Å². The van der Waals surface area contributed by atoms with Crippen LogP contribution in [0.25, 0.3) is 0 Å². The fourth-order valence-electron chi connectivity index (χ4n) is 1.96. The summed E-state index contributed by atoms with van der Waals surface area (Å²) in [5.74, 6) is -0.184. The van der Waals surface area contributed by atoms with Crippen molar-refractivity contribution in [2.24, 2.45) is 12.8 Å². The van der Waals surface area contributed by atoms with E-state index in [0.29, 0.717) is 12.2 Å². The fraction of sp³-hybridized carbons (Fsp3) is 0.286. The molecule has 19 heavy (non-hydrogen) atoms. The average Bonchev–Trinajstić information content (AvgIpc) is 2.86. The molecule has 0 saturated carbocycles. The molecule has 0 aliphatic heterocycles. The Morgan fingerprint density at radius 1 is 1.37 bits per heavy atom. The summed E-state index contributed by atoms with van der Waals surface area (Å²) in [6, 6.07) is 11.4. The van der Waals surface area contributed by atoms with Crippen LogP contribution in [0.4, 0.5) is 0 Å². The van der Waals surface area contributed by atoms with Crippen LogP contribution in [-0.4, -0.2) is 22.2 Å². The van der Waals surface area contributed by atoms with Gasteiger partial charge < -0.3 is 11.1 Å². The van der Waals surface area contributed by atoms with Gasteiger partial charge in [0.1, 0.15) is 5.69 Å². The number of hydrogen-bond acceptors (Lipinski definition) is 3. The van der Waals surface area contributed by atoms with Gasteiger partial charge in [-0.1, -0.05) is 30.3 Å². The van der Waals surface area contributed by atoms with Gasteiger partial charge in [-0.25, -0.2) is 0 Å². The molecule has 100 valence electrons. The summed E-state index contributed by atoms with van der Waals surface area (Å²) < 4.78 is 1.54. The Bertz CT molecular complexity index is 564. The second-order valence-corrected chi connectivity index (χ2v) is 4.70. The van der Waals surface area contributed by atoms with E-state index in [1.54, 1.807) is 19.3 Å². The van der Waals surface area contributed by atoms with Crippen LogP contribution < -0.4 is 11.1 Å². The predicted octanol–water partition coefficient (Wildman–Crippen LogP) is 1.02. The molecule has 0 aliphatic rings. The monoisotopic (exact) mass is 258 g/mol. The Balaban J connectivity index is 2.25. The Morgan fingerprint density at radius 3 is 2.58 bits per heavy atom. The molecule has 2 aromatic rings. The van der Waals surface area contributed by atoms with Crippen molar-refractivity contribution in [1.82, 2.24) is 15.1 Å². The molecule has 0 bridgehead atoms. The molecule has 5 nitrogen and oxygen atoms in total. The van der Waals surface area contributed by atoms with Crippen molar-refractivity contribution in [3.8, 4) is 0 Å². The van der Waals surface area contributed by atoms with Crippen LogP contribution in [-0.2, 0) is 12.6 Å². The van der Waals surface area contributed by atoms with Crippen molar-refractivity contribution in [1.29, 1.82) is 0 Å². The summed E-state index contributed by atoms with van der Waals surface area (Å²) in [7, 11) is 1.73. The number of nitrogens with two attached hydrogens (primary N) is 1. The molecule has 1 unspecified atom stereocenters. The molecule has 0 spiro atoms. The normalized spacial score (nSPS) is 13.8. The third-order valence-electron chi connectivity index (χ3n) is 3.26. The van der Waals surface area contributed by atoms with Crippen LogP contribution in [0.1, 0.15) is 23.0 Å². The maximum absolute atomic E-state index is 12.2. The highest BCUT2D eigenvalue weighted by Gasteiger charge is 2.28. The maximum atomic E-state index is 12.2. The van der Waals surface area contributed by atoms with E-state index in [2.05, 4.69) is 10.4 Å². The van der Waals surface area contributed by atoms with Crippen LogP contribution in [0.3, 0.4) is 0 Å². The van der Waals surface area contributed by atoms with E-state index in [9.17, 15) is 4.79 Å². The van der Waals surface area contributed by atoms with E-state index >= 15 is 0 Å². The lowest BCUT2D eigenvalue weighted by Crippen LogP contribution is -2.49. The second-order valence-electron chi connectivity index (χ2n) is 4.70. The minimum atomic E-state index is -0.595. The molecule has 3 N–H and O–H groups in total. The molecular formula is C14H18N4O. The highest BCUT2D eigenvalue weighted by atomic mass is 16.2. The number of benzene rings is 1. The SMILES string of the molecule is Cn1nccc1C(=O)NC(C)(CN)c1ccccc1. The number of nitrogens with zero attached hydrogens (tertiary/aromatic N) is 2. The number of carbonyl (C=O) groups is 1. The topological polar surface area (TPSA) is 72.9 Å². The number of hydrogen-bond donors (Lipinski definition) is 2. The molecule has 0 saturated heterocycles. The second kappa shape index (κ2) is 5.24. The average molecular weight is 258 g/mol. The Kier molecular flexibility index (Phi) is 3.66. The highest BCUT2D eigenvalue weighted by Crippen LogP contribution is 2.19. The number of rotatable bonds is 4. The van der Waals surface area contributed by atoms with Gasteiger partial charge in [-0.2, -0.15) is 5.10 Å². The van der Waals surface area contributed by atoms with Gasteiger partial charge in [-0.15, -0.1) is 0 Å². The quantitative estimate of drug-likeness (QED) is 0.860. The van der Waals surface area contributed by atoms with Crippen LogP contribution >= 0.6 is 0 Å². The number of amides is 1. The molecule has 5 heteroatoms. The Labute approximate surface area is 112 Å². The van der Waals surface area contributed by atoms with Gasteiger partial charge in [0.15, 0.2) is 0 Å². The van der Waals surface area contributed by atoms with E-state index in [1.807, 2.05) is 37.3 Å². The molecule has 0 radical (unpaired) electrons. The number of carbonyl (C=O) groups excluding carboxylic acids is 1. The first-order valence-electron chi connectivity index (χ1n) is 6.13. The lowest BCUT2D eigenvalue weighted by molar-refractivity contribution is 0.0897. The van der Waals surface area contributed by atoms with Crippen LogP contribution in [0, 0.1) is 0 Å². The van der Waals surface area contributed by atoms with Crippen LogP contribution in [0.5, 0.6) is 0 Å². The first kappa shape index (κ1) is 13.3. The van der Waals surface area contributed by atoms with Gasteiger partial charge in [-0.3, -0.25) is 9.48 Å². The Hall–Kier alpha value is -2.14. The number of aromatic nitrogens is 2. The fourth-order valence-corrected chi connectivity index (χ4v) is 1.96. The summed E-state index contributed by atoms with van der Waals surface area (Å²) in [5, 5.41) is 6.97. The van der Waals surface area contributed by atoms with Crippen molar-refractivity contribution >= 4 is 5.91 Å². The molecule has 1 amide bonds. The van der Waals surface area contributed by atoms with E-state index in [-0.39, 0.29) is 5.91 Å². The van der Waals surface area contributed by atoms with Crippen molar-refractivity contribution in [2.45, 2.75) is 12.5 Å². The van der Waals surface area contributed by atoms with Crippen molar-refractivity contribution in [2.75, 3.05) is 6.54 Å². The van der Waals surface area contributed by atoms with E-state index < -0.39 is 5.54 Å². The van der Waals surface area contributed by atoms with Crippen LogP contribution in [0.15, 0.2) is 42.6 Å². The smallest absolute Gasteiger partial charge is 0.270 e. The third kappa shape index (κ3) is 2.66. The van der Waals surface area contributed by atoms with Crippen molar-refractivity contribution in [3.05, 3.63) is 53.9 Å². The standard InChI is InChI=1S/C14H18N4O/c1-14(10-15,11-6-4-3-5-7-11)17-13(19)12-8-9-16-18(12)2/h3-9H,10,15H2,1-2H3,(H,17,19). The van der Waals surface area contributed by atoms with Gasteiger partial charge in [-0.05, 0) is 18.6 Å². The summed E-state index contributed by atoms with van der Waals surface area (Å²) >= 11 is 0. The Morgan fingerprint density at radius 2 is 2.05 bits per heavy atom. The van der Waals surface area contributed by atoms with Gasteiger partial charge in [0.25, 0.3) is 5.91 Å². The summed E-state index contributed by atoms with van der Waals surface area (Å²) in [6.07, 6.45) is 1.59. The predicted molar refractivity (Wildman–Crippen MR) is 73.5 cm³/mol. The lowest BCUT2D eigenvalue weighted by atomic mass is 9.92. The molecule has 0 aliphatic carbocycles. The third-order valence-corrected chi connectivity index (χ3v) is 3.26. The highest BCUT2D eigenvalue weighted by molar-refractivity contribution is 5.93. The maximum Gasteiger partial charge on any atom is 0.270 e. The first-order chi connectivity index (χ1) is 9.07. The minimum absolute atomic E-state index is 0.184. The minimum Gasteiger partial charge on any atom is -0.340 e. The summed E-state index contributed by atoms with van der Waals surface area (Å²) in [5.41, 5.74) is 6.74. The molecular weight excluding hydrogens is 240 g/mol. The zero-order valence-electron chi connectivity index (χ0n) is 11.1. The number of nitrogens with one attached hydrogen (secondary N) is 1. The number of aryl methyl sites for hydroxylation is 1. The first-order valence-corrected chi connectivity index (χ1v) is 6.13. The van der Waals surface area contributed by atoms with Gasteiger partial charge in [0, 0.05) is 19.8 Å². The zero-order valence-corrected chi connectivity index (χ0v) is 11.1. The zero-order chi connectivity index (χ0) is 13.9. The summed E-state index contributed by atoms with van der Waals surface area (Å²) in [4.78, 5) is 12.2. The molecule has 1 heterocycles. The van der Waals surface area contributed by atoms with Gasteiger partial charge >= 0.3 is 0 Å². The van der Waals surface area contributed by atoms with E-state index in [1.165, 1.54) is 4.68 Å². The van der Waals surface area contributed by atoms with E-state index in [4.69, 9.17) is 5.73 Å². The lowest BCUT2D eigenvalue weighted by Gasteiger charge is -2.30. The molecule has 1 aromatic carbocycles. The molecule has 2 rings (SSSR count).